The van der Waals surface area contributed by atoms with E-state index in [1.54, 1.807) is 12.1 Å². The van der Waals surface area contributed by atoms with Gasteiger partial charge in [-0.3, -0.25) is 0 Å². The van der Waals surface area contributed by atoms with Gasteiger partial charge in [-0.05, 0) is 37.5 Å². The van der Waals surface area contributed by atoms with Crippen LogP contribution in [0.1, 0.15) is 38.2 Å². The van der Waals surface area contributed by atoms with Crippen molar-refractivity contribution in [3.63, 3.8) is 0 Å². The standard InChI is InChI=1S/C16H22FNO/c1-15(10-13-5-4-6-14(17)9-13)11-18-12-16(19-15)7-2-3-8-16/h4-6,9,18H,2-3,7-8,10-12H2,1H3. The molecule has 3 heteroatoms. The van der Waals surface area contributed by atoms with Crippen LogP contribution in [0.2, 0.25) is 0 Å². The Morgan fingerprint density at radius 1 is 1.26 bits per heavy atom. The minimum atomic E-state index is -0.226. The molecule has 1 saturated carbocycles. The average Bonchev–Trinajstić information content (AvgIpc) is 2.76. The third-order valence-electron chi connectivity index (χ3n) is 4.39. The maximum Gasteiger partial charge on any atom is 0.123 e. The lowest BCUT2D eigenvalue weighted by Gasteiger charge is -2.46. The number of hydrogen-bond acceptors (Lipinski definition) is 2. The van der Waals surface area contributed by atoms with E-state index in [-0.39, 0.29) is 17.0 Å². The van der Waals surface area contributed by atoms with Gasteiger partial charge in [0.2, 0.25) is 0 Å². The second-order valence-electron chi connectivity index (χ2n) is 6.35. The zero-order valence-electron chi connectivity index (χ0n) is 11.5. The predicted octanol–water partition coefficient (Wildman–Crippen LogP) is 3.06. The van der Waals surface area contributed by atoms with Gasteiger partial charge in [0.05, 0.1) is 11.2 Å². The molecule has 1 atom stereocenters. The molecular formula is C16H22FNO. The molecule has 1 unspecified atom stereocenters. The van der Waals surface area contributed by atoms with Gasteiger partial charge in [-0.1, -0.05) is 25.0 Å². The highest BCUT2D eigenvalue weighted by Crippen LogP contribution is 2.39. The fraction of sp³-hybridized carbons (Fsp3) is 0.625. The normalized spacial score (nSPS) is 29.8. The fourth-order valence-corrected chi connectivity index (χ4v) is 3.63. The Morgan fingerprint density at radius 2 is 2.05 bits per heavy atom. The van der Waals surface area contributed by atoms with Crippen molar-refractivity contribution < 1.29 is 9.13 Å². The minimum absolute atomic E-state index is 0.0281. The molecule has 2 nitrogen and oxygen atoms in total. The zero-order chi connectivity index (χ0) is 13.3. The minimum Gasteiger partial charge on any atom is -0.366 e. The van der Waals surface area contributed by atoms with Crippen molar-refractivity contribution in [2.75, 3.05) is 13.1 Å². The molecule has 1 aliphatic carbocycles. The number of halogens is 1. The molecule has 19 heavy (non-hydrogen) atoms. The van der Waals surface area contributed by atoms with E-state index in [0.29, 0.717) is 0 Å². The summed E-state index contributed by atoms with van der Waals surface area (Å²) in [6, 6.07) is 6.86. The molecule has 2 aliphatic rings. The van der Waals surface area contributed by atoms with Gasteiger partial charge in [0, 0.05) is 19.5 Å². The summed E-state index contributed by atoms with van der Waals surface area (Å²) in [6.45, 7) is 3.95. The maximum atomic E-state index is 13.3. The Balaban J connectivity index is 1.75. The molecule has 2 fully saturated rings. The van der Waals surface area contributed by atoms with Gasteiger partial charge in [0.1, 0.15) is 5.82 Å². The summed E-state index contributed by atoms with van der Waals surface area (Å²) in [6.07, 6.45) is 5.59. The number of morpholine rings is 1. The van der Waals surface area contributed by atoms with E-state index >= 15 is 0 Å². The van der Waals surface area contributed by atoms with E-state index in [2.05, 4.69) is 12.2 Å². The molecule has 3 rings (SSSR count). The monoisotopic (exact) mass is 263 g/mol. The summed E-state index contributed by atoms with van der Waals surface area (Å²) in [7, 11) is 0. The summed E-state index contributed by atoms with van der Waals surface area (Å²) < 4.78 is 19.8. The van der Waals surface area contributed by atoms with E-state index in [0.717, 1.165) is 37.9 Å². The number of hydrogen-bond donors (Lipinski definition) is 1. The second kappa shape index (κ2) is 4.88. The van der Waals surface area contributed by atoms with Crippen molar-refractivity contribution in [3.05, 3.63) is 35.6 Å². The first-order chi connectivity index (χ1) is 9.09. The molecular weight excluding hydrogens is 241 g/mol. The van der Waals surface area contributed by atoms with Crippen LogP contribution in [0.25, 0.3) is 0 Å². The van der Waals surface area contributed by atoms with E-state index < -0.39 is 0 Å². The Bertz CT molecular complexity index is 456. The summed E-state index contributed by atoms with van der Waals surface area (Å²) >= 11 is 0. The number of nitrogens with one attached hydrogen (secondary N) is 1. The molecule has 1 heterocycles. The van der Waals surface area contributed by atoms with Crippen LogP contribution < -0.4 is 5.32 Å². The van der Waals surface area contributed by atoms with Crippen molar-refractivity contribution in [1.29, 1.82) is 0 Å². The predicted molar refractivity (Wildman–Crippen MR) is 73.7 cm³/mol. The third kappa shape index (κ3) is 2.82. The first kappa shape index (κ1) is 13.1. The molecule has 1 aromatic rings. The Labute approximate surface area is 114 Å². The van der Waals surface area contributed by atoms with Crippen molar-refractivity contribution >= 4 is 0 Å². The fourth-order valence-electron chi connectivity index (χ4n) is 3.63. The molecule has 0 bridgehead atoms. The average molecular weight is 263 g/mol. The van der Waals surface area contributed by atoms with Crippen molar-refractivity contribution in [3.8, 4) is 0 Å². The van der Waals surface area contributed by atoms with E-state index in [9.17, 15) is 4.39 Å². The summed E-state index contributed by atoms with van der Waals surface area (Å²) in [5.41, 5.74) is 0.816. The maximum absolute atomic E-state index is 13.3. The lowest BCUT2D eigenvalue weighted by Crippen LogP contribution is -2.59. The molecule has 1 aliphatic heterocycles. The van der Waals surface area contributed by atoms with Gasteiger partial charge >= 0.3 is 0 Å². The Morgan fingerprint density at radius 3 is 2.79 bits per heavy atom. The molecule has 1 aromatic carbocycles. The van der Waals surface area contributed by atoms with Crippen LogP contribution in [0.5, 0.6) is 0 Å². The first-order valence-corrected chi connectivity index (χ1v) is 7.25. The van der Waals surface area contributed by atoms with Crippen LogP contribution in [0.15, 0.2) is 24.3 Å². The van der Waals surface area contributed by atoms with Crippen LogP contribution >= 0.6 is 0 Å². The van der Waals surface area contributed by atoms with Gasteiger partial charge in [0.25, 0.3) is 0 Å². The first-order valence-electron chi connectivity index (χ1n) is 7.25. The Kier molecular flexibility index (Phi) is 3.35. The van der Waals surface area contributed by atoms with Crippen LogP contribution in [0.4, 0.5) is 4.39 Å². The molecule has 1 N–H and O–H groups in total. The van der Waals surface area contributed by atoms with Gasteiger partial charge in [-0.2, -0.15) is 0 Å². The Hall–Kier alpha value is -0.930. The lowest BCUT2D eigenvalue weighted by molar-refractivity contribution is -0.166. The SMILES string of the molecule is CC1(Cc2cccc(F)c2)CNCC2(CCCC2)O1. The number of benzene rings is 1. The molecule has 1 saturated heterocycles. The molecule has 1 spiro atoms. The lowest BCUT2D eigenvalue weighted by atomic mass is 9.90. The van der Waals surface area contributed by atoms with Crippen LogP contribution in [0, 0.1) is 5.82 Å². The zero-order valence-corrected chi connectivity index (χ0v) is 11.5. The summed E-state index contributed by atoms with van der Waals surface area (Å²) in [4.78, 5) is 0. The summed E-state index contributed by atoms with van der Waals surface area (Å²) in [5, 5.41) is 3.52. The van der Waals surface area contributed by atoms with Crippen molar-refractivity contribution in [2.24, 2.45) is 0 Å². The smallest absolute Gasteiger partial charge is 0.123 e. The van der Waals surface area contributed by atoms with Gasteiger partial charge in [0.15, 0.2) is 0 Å². The van der Waals surface area contributed by atoms with Crippen LogP contribution in [-0.4, -0.2) is 24.3 Å². The largest absolute Gasteiger partial charge is 0.366 e. The van der Waals surface area contributed by atoms with Crippen molar-refractivity contribution in [1.82, 2.24) is 5.32 Å². The highest BCUT2D eigenvalue weighted by Gasteiger charge is 2.44. The van der Waals surface area contributed by atoms with Crippen LogP contribution in [-0.2, 0) is 11.2 Å². The number of rotatable bonds is 2. The highest BCUT2D eigenvalue weighted by atomic mass is 19.1. The highest BCUT2D eigenvalue weighted by molar-refractivity contribution is 5.19. The van der Waals surface area contributed by atoms with E-state index in [4.69, 9.17) is 4.74 Å². The quantitative estimate of drug-likeness (QED) is 0.885. The van der Waals surface area contributed by atoms with Crippen molar-refractivity contribution in [2.45, 2.75) is 50.2 Å². The summed E-state index contributed by atoms with van der Waals surface area (Å²) in [5.74, 6) is -0.166. The van der Waals surface area contributed by atoms with E-state index in [1.807, 2.05) is 6.07 Å². The van der Waals surface area contributed by atoms with E-state index in [1.165, 1.54) is 18.9 Å². The molecule has 104 valence electrons. The van der Waals surface area contributed by atoms with Gasteiger partial charge in [-0.15, -0.1) is 0 Å². The molecule has 0 radical (unpaired) electrons. The molecule has 0 aromatic heterocycles. The van der Waals surface area contributed by atoms with Gasteiger partial charge < -0.3 is 10.1 Å². The van der Waals surface area contributed by atoms with Gasteiger partial charge in [-0.25, -0.2) is 4.39 Å². The van der Waals surface area contributed by atoms with Crippen LogP contribution in [0.3, 0.4) is 0 Å². The topological polar surface area (TPSA) is 21.3 Å². The second-order valence-corrected chi connectivity index (χ2v) is 6.35. The molecule has 0 amide bonds. The third-order valence-corrected chi connectivity index (χ3v) is 4.39. The number of ether oxygens (including phenoxy) is 1.